The summed E-state index contributed by atoms with van der Waals surface area (Å²) in [6.45, 7) is -0.474. The summed E-state index contributed by atoms with van der Waals surface area (Å²) < 4.78 is 10.6. The zero-order valence-electron chi connectivity index (χ0n) is 14.3. The number of carbonyl (C=O) groups is 1. The number of fused-ring (bicyclic) bond motifs is 1. The van der Waals surface area contributed by atoms with Gasteiger partial charge in [-0.25, -0.2) is 9.79 Å². The number of benzene rings is 1. The van der Waals surface area contributed by atoms with Crippen molar-refractivity contribution in [1.29, 1.82) is 5.26 Å². The van der Waals surface area contributed by atoms with Crippen LogP contribution in [0.5, 0.6) is 11.5 Å². The summed E-state index contributed by atoms with van der Waals surface area (Å²) in [4.78, 5) is 16.6. The number of hydrogen-bond acceptors (Lipinski definition) is 6. The second-order valence-electron chi connectivity index (χ2n) is 5.82. The number of ether oxygens (including phenoxy) is 2. The summed E-state index contributed by atoms with van der Waals surface area (Å²) in [5.41, 5.74) is 2.38. The smallest absolute Gasteiger partial charge is 0.341 e. The third-order valence-electron chi connectivity index (χ3n) is 4.15. The molecule has 0 unspecified atom stereocenters. The average Bonchev–Trinajstić information content (AvgIpc) is 3.02. The Bertz CT molecular complexity index is 896. The van der Waals surface area contributed by atoms with Crippen LogP contribution in [-0.2, 0) is 17.6 Å². The van der Waals surface area contributed by atoms with Gasteiger partial charge < -0.3 is 14.6 Å². The molecule has 1 aliphatic carbocycles. The van der Waals surface area contributed by atoms with E-state index in [0.717, 1.165) is 31.2 Å². The normalized spacial score (nSPS) is 13.2. The molecule has 26 heavy (non-hydrogen) atoms. The molecule has 1 aromatic heterocycles. The number of nitriles is 1. The Hall–Kier alpha value is -2.85. The molecule has 1 heterocycles. The number of methoxy groups -OCH3 is 1. The monoisotopic (exact) mass is 370 g/mol. The van der Waals surface area contributed by atoms with Gasteiger partial charge >= 0.3 is 5.97 Å². The second-order valence-corrected chi connectivity index (χ2v) is 6.91. The third-order valence-corrected chi connectivity index (χ3v) is 5.35. The minimum Gasteiger partial charge on any atom is -0.493 e. The number of thiophene rings is 1. The maximum absolute atomic E-state index is 10.8. The Labute approximate surface area is 155 Å². The molecule has 0 spiro atoms. The van der Waals surface area contributed by atoms with Crippen molar-refractivity contribution < 1.29 is 19.4 Å². The van der Waals surface area contributed by atoms with Crippen LogP contribution in [-0.4, -0.2) is 31.0 Å². The number of rotatable bonds is 6. The number of hydrogen-bond donors (Lipinski definition) is 1. The molecule has 0 radical (unpaired) electrons. The molecule has 0 saturated carbocycles. The number of aliphatic imine (C=N–C) groups is 1. The predicted molar refractivity (Wildman–Crippen MR) is 99.1 cm³/mol. The molecule has 3 rings (SSSR count). The van der Waals surface area contributed by atoms with Crippen LogP contribution in [0.2, 0.25) is 0 Å². The van der Waals surface area contributed by atoms with Crippen LogP contribution in [0, 0.1) is 11.3 Å². The second kappa shape index (κ2) is 8.02. The molecule has 0 saturated heterocycles. The fourth-order valence-electron chi connectivity index (χ4n) is 2.97. The summed E-state index contributed by atoms with van der Waals surface area (Å²) in [5.74, 6) is -0.321. The van der Waals surface area contributed by atoms with Gasteiger partial charge in [-0.3, -0.25) is 0 Å². The molecule has 0 fully saturated rings. The fourth-order valence-corrected chi connectivity index (χ4v) is 4.15. The number of carboxylic acid groups (broad SMARTS) is 1. The van der Waals surface area contributed by atoms with Crippen LogP contribution in [0.4, 0.5) is 5.00 Å². The van der Waals surface area contributed by atoms with Crippen molar-refractivity contribution in [2.45, 2.75) is 25.7 Å². The van der Waals surface area contributed by atoms with Crippen LogP contribution in [0.3, 0.4) is 0 Å². The molecule has 0 aliphatic heterocycles. The first kappa shape index (κ1) is 18.0. The van der Waals surface area contributed by atoms with Crippen molar-refractivity contribution in [2.75, 3.05) is 13.7 Å². The van der Waals surface area contributed by atoms with E-state index in [-0.39, 0.29) is 0 Å². The number of aliphatic carboxylic acids is 1. The summed E-state index contributed by atoms with van der Waals surface area (Å²) >= 11 is 1.55. The van der Waals surface area contributed by atoms with Crippen LogP contribution in [0.25, 0.3) is 0 Å². The van der Waals surface area contributed by atoms with Crippen LogP contribution >= 0.6 is 11.3 Å². The van der Waals surface area contributed by atoms with E-state index in [9.17, 15) is 10.1 Å². The Morgan fingerprint density at radius 2 is 2.23 bits per heavy atom. The van der Waals surface area contributed by atoms with Crippen molar-refractivity contribution in [3.8, 4) is 17.6 Å². The maximum atomic E-state index is 10.8. The molecule has 2 aromatic rings. The SMILES string of the molecule is COc1cccc(C=Nc2sc3c(c2C#N)CCCC3)c1OCC(=O)O. The molecule has 0 amide bonds. The molecule has 1 N–H and O–H groups in total. The van der Waals surface area contributed by atoms with Gasteiger partial charge in [0.25, 0.3) is 0 Å². The lowest BCUT2D eigenvalue weighted by molar-refractivity contribution is -0.139. The van der Waals surface area contributed by atoms with Crippen molar-refractivity contribution in [3.05, 3.63) is 39.8 Å². The molecule has 6 nitrogen and oxygen atoms in total. The number of aryl methyl sites for hydroxylation is 1. The topological polar surface area (TPSA) is 91.9 Å². The standard InChI is InChI=1S/C19H18N2O4S/c1-24-15-7-4-5-12(18(15)25-11-17(22)23)10-21-19-14(9-20)13-6-2-3-8-16(13)26-19/h4-5,7,10H,2-3,6,8,11H2,1H3,(H,22,23). The van der Waals surface area contributed by atoms with E-state index in [4.69, 9.17) is 14.6 Å². The summed E-state index contributed by atoms with van der Waals surface area (Å²) in [5, 5.41) is 19.1. The van der Waals surface area contributed by atoms with Gasteiger partial charge in [0.2, 0.25) is 0 Å². The lowest BCUT2D eigenvalue weighted by atomic mass is 9.96. The van der Waals surface area contributed by atoms with Crippen LogP contribution < -0.4 is 9.47 Å². The third kappa shape index (κ3) is 3.70. The van der Waals surface area contributed by atoms with E-state index in [1.54, 1.807) is 35.8 Å². The van der Waals surface area contributed by atoms with Gasteiger partial charge in [-0.2, -0.15) is 5.26 Å². The number of nitrogens with zero attached hydrogens (tertiary/aromatic N) is 2. The molecule has 7 heteroatoms. The molecule has 134 valence electrons. The first-order chi connectivity index (χ1) is 12.6. The van der Waals surface area contributed by atoms with E-state index in [0.29, 0.717) is 27.6 Å². The molecular weight excluding hydrogens is 352 g/mol. The van der Waals surface area contributed by atoms with E-state index in [2.05, 4.69) is 11.1 Å². The van der Waals surface area contributed by atoms with Gasteiger partial charge in [-0.05, 0) is 43.4 Å². The quantitative estimate of drug-likeness (QED) is 0.783. The van der Waals surface area contributed by atoms with Crippen LogP contribution in [0.15, 0.2) is 23.2 Å². The predicted octanol–water partition coefficient (Wildman–Crippen LogP) is 3.72. The maximum Gasteiger partial charge on any atom is 0.341 e. The summed E-state index contributed by atoms with van der Waals surface area (Å²) in [6, 6.07) is 7.52. The van der Waals surface area contributed by atoms with Crippen molar-refractivity contribution in [1.82, 2.24) is 0 Å². The summed E-state index contributed by atoms with van der Waals surface area (Å²) in [6.07, 6.45) is 5.76. The molecule has 1 aromatic carbocycles. The fraction of sp³-hybridized carbons (Fsp3) is 0.316. The zero-order chi connectivity index (χ0) is 18.5. The van der Waals surface area contributed by atoms with Gasteiger partial charge in [0, 0.05) is 16.7 Å². The first-order valence-electron chi connectivity index (χ1n) is 8.24. The highest BCUT2D eigenvalue weighted by atomic mass is 32.1. The van der Waals surface area contributed by atoms with E-state index in [1.165, 1.54) is 12.0 Å². The van der Waals surface area contributed by atoms with Crippen molar-refractivity contribution >= 4 is 28.5 Å². The highest BCUT2D eigenvalue weighted by Crippen LogP contribution is 2.39. The largest absolute Gasteiger partial charge is 0.493 e. The van der Waals surface area contributed by atoms with Crippen molar-refractivity contribution in [3.63, 3.8) is 0 Å². The van der Waals surface area contributed by atoms with Crippen molar-refractivity contribution in [2.24, 2.45) is 4.99 Å². The minimum absolute atomic E-state index is 0.320. The Balaban J connectivity index is 1.95. The number of carboxylic acids is 1. The van der Waals surface area contributed by atoms with Gasteiger partial charge in [0.1, 0.15) is 11.1 Å². The van der Waals surface area contributed by atoms with Gasteiger partial charge in [0.15, 0.2) is 18.1 Å². The number of para-hydroxylation sites is 1. The van der Waals surface area contributed by atoms with Gasteiger partial charge in [0.05, 0.1) is 12.7 Å². The highest BCUT2D eigenvalue weighted by Gasteiger charge is 2.20. The Morgan fingerprint density at radius 3 is 2.96 bits per heavy atom. The Morgan fingerprint density at radius 1 is 1.42 bits per heavy atom. The average molecular weight is 370 g/mol. The zero-order valence-corrected chi connectivity index (χ0v) is 15.1. The molecule has 1 aliphatic rings. The van der Waals surface area contributed by atoms with E-state index in [1.807, 2.05) is 0 Å². The summed E-state index contributed by atoms with van der Waals surface area (Å²) in [7, 11) is 1.49. The Kier molecular flexibility index (Phi) is 5.54. The molecule has 0 bridgehead atoms. The molecule has 0 atom stereocenters. The minimum atomic E-state index is -1.07. The lowest BCUT2D eigenvalue weighted by Crippen LogP contribution is -2.11. The molecular formula is C19H18N2O4S. The van der Waals surface area contributed by atoms with Gasteiger partial charge in [-0.1, -0.05) is 6.07 Å². The lowest BCUT2D eigenvalue weighted by Gasteiger charge is -2.11. The van der Waals surface area contributed by atoms with E-state index < -0.39 is 12.6 Å². The van der Waals surface area contributed by atoms with Crippen LogP contribution in [0.1, 0.15) is 34.4 Å². The highest BCUT2D eigenvalue weighted by molar-refractivity contribution is 7.16. The van der Waals surface area contributed by atoms with E-state index >= 15 is 0 Å². The first-order valence-corrected chi connectivity index (χ1v) is 9.06. The van der Waals surface area contributed by atoms with Gasteiger partial charge in [-0.15, -0.1) is 11.3 Å².